The van der Waals surface area contributed by atoms with E-state index in [1.165, 1.54) is 18.4 Å². The highest BCUT2D eigenvalue weighted by molar-refractivity contribution is 5.94. The maximum Gasteiger partial charge on any atom is 0.251 e. The van der Waals surface area contributed by atoms with E-state index in [9.17, 15) is 4.79 Å². The first-order chi connectivity index (χ1) is 14.0. The molecule has 0 radical (unpaired) electrons. The van der Waals surface area contributed by atoms with Gasteiger partial charge in [0, 0.05) is 18.7 Å². The van der Waals surface area contributed by atoms with Crippen molar-refractivity contribution in [2.45, 2.75) is 39.3 Å². The molecule has 1 fully saturated rings. The summed E-state index contributed by atoms with van der Waals surface area (Å²) in [5, 5.41) is 3.06. The largest absolute Gasteiger partial charge is 0.493 e. The first-order valence-electron chi connectivity index (χ1n) is 10.3. The Morgan fingerprint density at radius 3 is 2.52 bits per heavy atom. The minimum Gasteiger partial charge on any atom is -0.493 e. The van der Waals surface area contributed by atoms with E-state index >= 15 is 0 Å². The Morgan fingerprint density at radius 1 is 1.14 bits per heavy atom. The summed E-state index contributed by atoms with van der Waals surface area (Å²) in [5.41, 5.74) is 2.89. The van der Waals surface area contributed by atoms with Gasteiger partial charge in [0.2, 0.25) is 0 Å². The van der Waals surface area contributed by atoms with Gasteiger partial charge in [-0.1, -0.05) is 25.1 Å². The van der Waals surface area contributed by atoms with E-state index in [4.69, 9.17) is 9.47 Å². The first-order valence-corrected chi connectivity index (χ1v) is 10.3. The van der Waals surface area contributed by atoms with Crippen molar-refractivity contribution < 1.29 is 14.3 Å². The van der Waals surface area contributed by atoms with E-state index in [2.05, 4.69) is 29.3 Å². The molecule has 1 aliphatic heterocycles. The van der Waals surface area contributed by atoms with Gasteiger partial charge in [0.15, 0.2) is 11.5 Å². The van der Waals surface area contributed by atoms with Crippen molar-refractivity contribution in [1.82, 2.24) is 10.2 Å². The highest BCUT2D eigenvalue weighted by Crippen LogP contribution is 2.30. The van der Waals surface area contributed by atoms with Crippen LogP contribution in [0.5, 0.6) is 11.5 Å². The summed E-state index contributed by atoms with van der Waals surface area (Å²) in [6, 6.07) is 13.5. The molecule has 2 atom stereocenters. The second-order valence-electron chi connectivity index (χ2n) is 7.99. The fourth-order valence-corrected chi connectivity index (χ4v) is 3.94. The maximum atomic E-state index is 12.7. The molecule has 1 aliphatic rings. The number of carbonyl (C=O) groups excluding carboxylic acids is 1. The third-order valence-corrected chi connectivity index (χ3v) is 5.62. The minimum absolute atomic E-state index is 0.0783. The van der Waals surface area contributed by atoms with E-state index in [0.29, 0.717) is 17.1 Å². The Bertz CT molecular complexity index is 819. The molecule has 1 amide bonds. The summed E-state index contributed by atoms with van der Waals surface area (Å²) >= 11 is 0. The van der Waals surface area contributed by atoms with Gasteiger partial charge in [0.25, 0.3) is 5.91 Å². The summed E-state index contributed by atoms with van der Waals surface area (Å²) in [6.07, 6.45) is 2.60. The van der Waals surface area contributed by atoms with Crippen molar-refractivity contribution in [2.24, 2.45) is 5.92 Å². The van der Waals surface area contributed by atoms with Gasteiger partial charge in [-0.25, -0.2) is 0 Å². The van der Waals surface area contributed by atoms with Gasteiger partial charge in [-0.2, -0.15) is 0 Å². The molecule has 0 aromatic heterocycles. The van der Waals surface area contributed by atoms with Gasteiger partial charge in [-0.3, -0.25) is 9.69 Å². The zero-order valence-corrected chi connectivity index (χ0v) is 17.9. The smallest absolute Gasteiger partial charge is 0.251 e. The Morgan fingerprint density at radius 2 is 1.86 bits per heavy atom. The van der Waals surface area contributed by atoms with Crippen LogP contribution in [0.4, 0.5) is 0 Å². The Hall–Kier alpha value is -2.53. The number of carbonyl (C=O) groups is 1. The molecule has 1 heterocycles. The molecule has 2 aromatic rings. The summed E-state index contributed by atoms with van der Waals surface area (Å²) in [7, 11) is 3.22. The van der Waals surface area contributed by atoms with Gasteiger partial charge in [0.05, 0.1) is 20.3 Å². The molecule has 5 nitrogen and oxygen atoms in total. The SMILES string of the molecule is COc1ccc([C@H](C)NC(=O)c2ccc(CN3CCC[C@H](C)C3)cc2)cc1OC. The van der Waals surface area contributed by atoms with Gasteiger partial charge in [-0.05, 0) is 67.6 Å². The van der Waals surface area contributed by atoms with E-state index in [1.807, 2.05) is 37.3 Å². The second kappa shape index (κ2) is 9.79. The number of benzene rings is 2. The van der Waals surface area contributed by atoms with Crippen LogP contribution in [0.25, 0.3) is 0 Å². The van der Waals surface area contributed by atoms with Crippen LogP contribution in [0.2, 0.25) is 0 Å². The van der Waals surface area contributed by atoms with E-state index in [1.54, 1.807) is 14.2 Å². The lowest BCUT2D eigenvalue weighted by Crippen LogP contribution is -2.33. The predicted octanol–water partition coefficient (Wildman–Crippen LogP) is 4.43. The van der Waals surface area contributed by atoms with E-state index in [0.717, 1.165) is 31.1 Å². The van der Waals surface area contributed by atoms with Crippen molar-refractivity contribution in [3.05, 3.63) is 59.2 Å². The standard InChI is InChI=1S/C24H32N2O3/c1-17-6-5-13-26(15-17)16-19-7-9-20(10-8-19)24(27)25-18(2)21-11-12-22(28-3)23(14-21)29-4/h7-12,14,17-18H,5-6,13,15-16H2,1-4H3,(H,25,27)/t17-,18-/m0/s1. The van der Waals surface area contributed by atoms with Crippen LogP contribution in [-0.4, -0.2) is 38.1 Å². The first kappa shape index (κ1) is 21.2. The van der Waals surface area contributed by atoms with Crippen LogP contribution in [0.15, 0.2) is 42.5 Å². The lowest BCUT2D eigenvalue weighted by molar-refractivity contribution is 0.0940. The quantitative estimate of drug-likeness (QED) is 0.752. The van der Waals surface area contributed by atoms with E-state index in [-0.39, 0.29) is 11.9 Å². The minimum atomic E-state index is -0.142. The number of nitrogens with one attached hydrogen (secondary N) is 1. The average molecular weight is 397 g/mol. The van der Waals surface area contributed by atoms with Gasteiger partial charge in [-0.15, -0.1) is 0 Å². The molecule has 0 aliphatic carbocycles. The predicted molar refractivity (Wildman–Crippen MR) is 116 cm³/mol. The van der Waals surface area contributed by atoms with Crippen LogP contribution in [0, 0.1) is 5.92 Å². The number of ether oxygens (including phenoxy) is 2. The Labute approximate surface area is 174 Å². The van der Waals surface area contributed by atoms with Crippen molar-refractivity contribution in [3.63, 3.8) is 0 Å². The number of hydrogen-bond acceptors (Lipinski definition) is 4. The molecule has 0 spiro atoms. The van der Waals surface area contributed by atoms with Crippen molar-refractivity contribution >= 4 is 5.91 Å². The fourth-order valence-electron chi connectivity index (χ4n) is 3.94. The molecule has 0 bridgehead atoms. The van der Waals surface area contributed by atoms with Crippen LogP contribution >= 0.6 is 0 Å². The average Bonchev–Trinajstić information content (AvgIpc) is 2.73. The summed E-state index contributed by atoms with van der Waals surface area (Å²) < 4.78 is 10.6. The van der Waals surface area contributed by atoms with Gasteiger partial charge < -0.3 is 14.8 Å². The molecule has 156 valence electrons. The fraction of sp³-hybridized carbons (Fsp3) is 0.458. The second-order valence-corrected chi connectivity index (χ2v) is 7.99. The Kier molecular flexibility index (Phi) is 7.15. The normalized spacial score (nSPS) is 18.1. The molecule has 5 heteroatoms. The van der Waals surface area contributed by atoms with Crippen LogP contribution in [0.1, 0.15) is 54.2 Å². The zero-order valence-electron chi connectivity index (χ0n) is 17.9. The lowest BCUT2D eigenvalue weighted by atomic mass is 9.99. The molecular weight excluding hydrogens is 364 g/mol. The number of piperidine rings is 1. The number of nitrogens with zero attached hydrogens (tertiary/aromatic N) is 1. The molecule has 1 N–H and O–H groups in total. The molecular formula is C24H32N2O3. The van der Waals surface area contributed by atoms with Gasteiger partial charge >= 0.3 is 0 Å². The summed E-state index contributed by atoms with van der Waals surface area (Å²) in [4.78, 5) is 15.2. The lowest BCUT2D eigenvalue weighted by Gasteiger charge is -2.30. The molecule has 1 saturated heterocycles. The molecule has 3 rings (SSSR count). The topological polar surface area (TPSA) is 50.8 Å². The zero-order chi connectivity index (χ0) is 20.8. The van der Waals surface area contributed by atoms with Crippen LogP contribution in [0.3, 0.4) is 0 Å². The number of rotatable bonds is 7. The highest BCUT2D eigenvalue weighted by atomic mass is 16.5. The third-order valence-electron chi connectivity index (χ3n) is 5.62. The van der Waals surface area contributed by atoms with Crippen LogP contribution in [-0.2, 0) is 6.54 Å². The third kappa shape index (κ3) is 5.51. The highest BCUT2D eigenvalue weighted by Gasteiger charge is 2.17. The van der Waals surface area contributed by atoms with Crippen molar-refractivity contribution in [2.75, 3.05) is 27.3 Å². The number of methoxy groups -OCH3 is 2. The number of amides is 1. The van der Waals surface area contributed by atoms with E-state index < -0.39 is 0 Å². The monoisotopic (exact) mass is 396 g/mol. The van der Waals surface area contributed by atoms with Crippen LogP contribution < -0.4 is 14.8 Å². The number of hydrogen-bond donors (Lipinski definition) is 1. The summed E-state index contributed by atoms with van der Waals surface area (Å²) in [5.74, 6) is 2.02. The van der Waals surface area contributed by atoms with Crippen molar-refractivity contribution in [1.29, 1.82) is 0 Å². The summed E-state index contributed by atoms with van der Waals surface area (Å²) in [6.45, 7) is 7.55. The molecule has 29 heavy (non-hydrogen) atoms. The number of likely N-dealkylation sites (tertiary alicyclic amines) is 1. The maximum absolute atomic E-state index is 12.7. The molecule has 0 saturated carbocycles. The molecule has 0 unspecified atom stereocenters. The van der Waals surface area contributed by atoms with Crippen molar-refractivity contribution in [3.8, 4) is 11.5 Å². The molecule has 2 aromatic carbocycles. The van der Waals surface area contributed by atoms with Gasteiger partial charge in [0.1, 0.15) is 0 Å². The Balaban J connectivity index is 1.60.